The lowest BCUT2D eigenvalue weighted by Gasteiger charge is -2.13. The van der Waals surface area contributed by atoms with Gasteiger partial charge in [0.05, 0.1) is 31.0 Å². The number of H-pyrrole nitrogens is 1. The Hall–Kier alpha value is -3.69. The van der Waals surface area contributed by atoms with Crippen LogP contribution in [0.5, 0.6) is 11.5 Å². The second kappa shape index (κ2) is 8.36. The molecule has 0 radical (unpaired) electrons. The summed E-state index contributed by atoms with van der Waals surface area (Å²) in [4.78, 5) is 27.1. The van der Waals surface area contributed by atoms with Crippen molar-refractivity contribution in [2.45, 2.75) is 6.18 Å². The molecule has 3 rings (SSSR count). The molecular formula is C20H17F3N2O5. The standard InChI is InChI=1S/C20H17F3N2O5/c1-28-12-7-11-8-15(25-18(11)16(9-12)29-2)19(27)30-10-17(26)24-14-6-4-3-5-13(14)20(21,22)23/h3-9,25H,10H2,1-2H3,(H,24,26). The number of carbonyl (C=O) groups is 2. The first-order chi connectivity index (χ1) is 14.2. The number of nitrogens with one attached hydrogen (secondary N) is 2. The number of hydrogen-bond donors (Lipinski definition) is 2. The molecule has 0 aliphatic rings. The molecule has 0 fully saturated rings. The highest BCUT2D eigenvalue weighted by atomic mass is 19.4. The molecular weight excluding hydrogens is 405 g/mol. The number of aromatic nitrogens is 1. The maximum absolute atomic E-state index is 13.0. The van der Waals surface area contributed by atoms with Crippen LogP contribution in [0, 0.1) is 0 Å². The minimum Gasteiger partial charge on any atom is -0.497 e. The van der Waals surface area contributed by atoms with Gasteiger partial charge in [-0.1, -0.05) is 12.1 Å². The molecule has 30 heavy (non-hydrogen) atoms. The SMILES string of the molecule is COc1cc(OC)c2[nH]c(C(=O)OCC(=O)Nc3ccccc3C(F)(F)F)cc2c1. The summed E-state index contributed by atoms with van der Waals surface area (Å²) in [6, 6.07) is 9.29. The summed E-state index contributed by atoms with van der Waals surface area (Å²) < 4.78 is 54.3. The van der Waals surface area contributed by atoms with E-state index in [4.69, 9.17) is 14.2 Å². The number of methoxy groups -OCH3 is 2. The van der Waals surface area contributed by atoms with Crippen LogP contribution in [0.25, 0.3) is 10.9 Å². The lowest BCUT2D eigenvalue weighted by molar-refractivity contribution is -0.137. The summed E-state index contributed by atoms with van der Waals surface area (Å²) in [5.41, 5.74) is -0.858. The van der Waals surface area contributed by atoms with Gasteiger partial charge in [0.2, 0.25) is 0 Å². The van der Waals surface area contributed by atoms with Crippen LogP contribution < -0.4 is 14.8 Å². The molecule has 0 bridgehead atoms. The number of aromatic amines is 1. The van der Waals surface area contributed by atoms with Gasteiger partial charge in [0.25, 0.3) is 5.91 Å². The van der Waals surface area contributed by atoms with Crippen molar-refractivity contribution in [2.24, 2.45) is 0 Å². The van der Waals surface area contributed by atoms with Gasteiger partial charge in [-0.05, 0) is 24.3 Å². The topological polar surface area (TPSA) is 89.7 Å². The van der Waals surface area contributed by atoms with E-state index in [1.807, 2.05) is 0 Å². The number of fused-ring (bicyclic) bond motifs is 1. The van der Waals surface area contributed by atoms with E-state index in [1.165, 1.54) is 32.4 Å². The minimum absolute atomic E-state index is 0.0417. The highest BCUT2D eigenvalue weighted by Crippen LogP contribution is 2.34. The summed E-state index contributed by atoms with van der Waals surface area (Å²) in [5, 5.41) is 2.71. The second-order valence-electron chi connectivity index (χ2n) is 6.14. The number of alkyl halides is 3. The Bertz CT molecular complexity index is 1090. The molecule has 0 spiro atoms. The molecule has 1 aromatic heterocycles. The Morgan fingerprint density at radius 1 is 1.07 bits per heavy atom. The van der Waals surface area contributed by atoms with E-state index >= 15 is 0 Å². The monoisotopic (exact) mass is 422 g/mol. The maximum atomic E-state index is 13.0. The van der Waals surface area contributed by atoms with Gasteiger partial charge >= 0.3 is 12.1 Å². The molecule has 1 amide bonds. The molecule has 10 heteroatoms. The Morgan fingerprint density at radius 2 is 1.80 bits per heavy atom. The van der Waals surface area contributed by atoms with Crippen molar-refractivity contribution >= 4 is 28.5 Å². The lowest BCUT2D eigenvalue weighted by atomic mass is 10.1. The van der Waals surface area contributed by atoms with Crippen molar-refractivity contribution in [2.75, 3.05) is 26.1 Å². The molecule has 158 valence electrons. The molecule has 2 N–H and O–H groups in total. The van der Waals surface area contributed by atoms with Crippen LogP contribution in [-0.2, 0) is 15.7 Å². The molecule has 0 saturated carbocycles. The molecule has 1 heterocycles. The van der Waals surface area contributed by atoms with Crippen molar-refractivity contribution < 1.29 is 37.0 Å². The van der Waals surface area contributed by atoms with Gasteiger partial charge in [-0.3, -0.25) is 4.79 Å². The number of hydrogen-bond acceptors (Lipinski definition) is 5. The number of esters is 1. The summed E-state index contributed by atoms with van der Waals surface area (Å²) >= 11 is 0. The van der Waals surface area contributed by atoms with E-state index < -0.39 is 35.9 Å². The average molecular weight is 422 g/mol. The average Bonchev–Trinajstić information content (AvgIpc) is 3.15. The molecule has 2 aromatic carbocycles. The van der Waals surface area contributed by atoms with Gasteiger partial charge in [-0.25, -0.2) is 4.79 Å². The van der Waals surface area contributed by atoms with Crippen LogP contribution in [-0.4, -0.2) is 37.7 Å². The van der Waals surface area contributed by atoms with Crippen LogP contribution in [0.2, 0.25) is 0 Å². The third-order valence-corrected chi connectivity index (χ3v) is 4.18. The predicted octanol–water partition coefficient (Wildman–Crippen LogP) is 4.00. The Balaban J connectivity index is 1.70. The molecule has 0 aliphatic heterocycles. The van der Waals surface area contributed by atoms with Gasteiger partial charge < -0.3 is 24.5 Å². The highest BCUT2D eigenvalue weighted by Gasteiger charge is 2.33. The Morgan fingerprint density at radius 3 is 2.47 bits per heavy atom. The summed E-state index contributed by atoms with van der Waals surface area (Å²) in [6.07, 6.45) is -4.63. The van der Waals surface area contributed by atoms with Gasteiger partial charge in [-0.15, -0.1) is 0 Å². The fourth-order valence-corrected chi connectivity index (χ4v) is 2.81. The zero-order valence-corrected chi connectivity index (χ0v) is 15.9. The maximum Gasteiger partial charge on any atom is 0.418 e. The number of halogens is 3. The van der Waals surface area contributed by atoms with Crippen molar-refractivity contribution in [3.63, 3.8) is 0 Å². The normalized spacial score (nSPS) is 11.2. The van der Waals surface area contributed by atoms with E-state index in [1.54, 1.807) is 12.1 Å². The van der Waals surface area contributed by atoms with Crippen molar-refractivity contribution in [3.05, 3.63) is 53.7 Å². The van der Waals surface area contributed by atoms with E-state index in [0.717, 1.165) is 12.1 Å². The number of carbonyl (C=O) groups excluding carboxylic acids is 2. The predicted molar refractivity (Wildman–Crippen MR) is 102 cm³/mol. The largest absolute Gasteiger partial charge is 0.497 e. The zero-order chi connectivity index (χ0) is 21.9. The number of para-hydroxylation sites is 1. The van der Waals surface area contributed by atoms with Gasteiger partial charge in [0, 0.05) is 11.5 Å². The third-order valence-electron chi connectivity index (χ3n) is 4.18. The van der Waals surface area contributed by atoms with Crippen LogP contribution in [0.4, 0.5) is 18.9 Å². The number of rotatable bonds is 6. The summed E-state index contributed by atoms with van der Waals surface area (Å²) in [5.74, 6) is -0.812. The highest BCUT2D eigenvalue weighted by molar-refractivity contribution is 5.99. The van der Waals surface area contributed by atoms with E-state index in [-0.39, 0.29) is 5.69 Å². The van der Waals surface area contributed by atoms with Crippen LogP contribution in [0.15, 0.2) is 42.5 Å². The van der Waals surface area contributed by atoms with Gasteiger partial charge in [0.1, 0.15) is 17.2 Å². The molecule has 0 saturated heterocycles. The first-order valence-corrected chi connectivity index (χ1v) is 8.61. The van der Waals surface area contributed by atoms with Crippen molar-refractivity contribution in [1.29, 1.82) is 0 Å². The lowest BCUT2D eigenvalue weighted by Crippen LogP contribution is -2.22. The van der Waals surface area contributed by atoms with Crippen molar-refractivity contribution in [3.8, 4) is 11.5 Å². The van der Waals surface area contributed by atoms with Crippen molar-refractivity contribution in [1.82, 2.24) is 4.98 Å². The zero-order valence-electron chi connectivity index (χ0n) is 15.9. The number of amides is 1. The van der Waals surface area contributed by atoms with Crippen LogP contribution in [0.3, 0.4) is 0 Å². The summed E-state index contributed by atoms with van der Waals surface area (Å²) in [7, 11) is 2.94. The van der Waals surface area contributed by atoms with E-state index in [9.17, 15) is 22.8 Å². The number of benzene rings is 2. The van der Waals surface area contributed by atoms with Gasteiger partial charge in [-0.2, -0.15) is 13.2 Å². The van der Waals surface area contributed by atoms with Gasteiger partial charge in [0.15, 0.2) is 6.61 Å². The second-order valence-corrected chi connectivity index (χ2v) is 6.14. The van der Waals surface area contributed by atoms with Crippen LogP contribution >= 0.6 is 0 Å². The smallest absolute Gasteiger partial charge is 0.418 e. The molecule has 0 atom stereocenters. The van der Waals surface area contributed by atoms with E-state index in [2.05, 4.69) is 10.3 Å². The number of anilines is 1. The minimum atomic E-state index is -4.63. The quantitative estimate of drug-likeness (QED) is 0.586. The fraction of sp³-hybridized carbons (Fsp3) is 0.200. The summed E-state index contributed by atoms with van der Waals surface area (Å²) in [6.45, 7) is -0.763. The molecule has 0 unspecified atom stereocenters. The fourth-order valence-electron chi connectivity index (χ4n) is 2.81. The first kappa shape index (κ1) is 21.0. The molecule has 7 nitrogen and oxygen atoms in total. The van der Waals surface area contributed by atoms with Crippen LogP contribution in [0.1, 0.15) is 16.1 Å². The third kappa shape index (κ3) is 4.48. The van der Waals surface area contributed by atoms with E-state index in [0.29, 0.717) is 22.4 Å². The Kier molecular flexibility index (Phi) is 5.86. The molecule has 0 aliphatic carbocycles. The Labute approximate surface area is 168 Å². The molecule has 3 aromatic rings. The number of ether oxygens (including phenoxy) is 3. The first-order valence-electron chi connectivity index (χ1n) is 8.61.